The lowest BCUT2D eigenvalue weighted by Crippen LogP contribution is -2.04. The summed E-state index contributed by atoms with van der Waals surface area (Å²) in [5.74, 6) is 1.83. The maximum Gasteiger partial charge on any atom is 0.166 e. The van der Waals surface area contributed by atoms with E-state index in [0.29, 0.717) is 17.5 Å². The second-order valence-corrected chi connectivity index (χ2v) is 15.4. The predicted molar refractivity (Wildman–Crippen MR) is 244 cm³/mol. The average molecular weight is 760 g/mol. The SMILES string of the molecule is Cc1ccc(-c2ccc3c(c2)c2cc(-c4ccc(C)cc4C)ccc2n3-c2ccc(-c3ccncc3)cc2-c2nc(-c3ccccc3)nc(-c3ccccc3)n2)c(C)c1. The summed E-state index contributed by atoms with van der Waals surface area (Å²) in [6.07, 6.45) is 3.67. The van der Waals surface area contributed by atoms with Crippen LogP contribution >= 0.6 is 0 Å². The highest BCUT2D eigenvalue weighted by Crippen LogP contribution is 2.41. The average Bonchev–Trinajstić information content (AvgIpc) is 3.59. The van der Waals surface area contributed by atoms with Crippen LogP contribution in [0.5, 0.6) is 0 Å². The fourth-order valence-electron chi connectivity index (χ4n) is 8.46. The number of aryl methyl sites for hydroxylation is 4. The molecule has 7 aromatic carbocycles. The lowest BCUT2D eigenvalue weighted by atomic mass is 9.95. The van der Waals surface area contributed by atoms with Crippen LogP contribution in [0.1, 0.15) is 22.3 Å². The Morgan fingerprint density at radius 2 is 0.847 bits per heavy atom. The fraction of sp³-hybridized carbons (Fsp3) is 0.0741. The van der Waals surface area contributed by atoms with Crippen molar-refractivity contribution in [2.45, 2.75) is 27.7 Å². The van der Waals surface area contributed by atoms with E-state index >= 15 is 0 Å². The topological polar surface area (TPSA) is 56.5 Å². The van der Waals surface area contributed by atoms with Gasteiger partial charge in [0.15, 0.2) is 17.5 Å². The lowest BCUT2D eigenvalue weighted by Gasteiger charge is -2.16. The van der Waals surface area contributed by atoms with Gasteiger partial charge in [0.05, 0.1) is 16.7 Å². The Hall–Kier alpha value is -7.50. The van der Waals surface area contributed by atoms with Crippen molar-refractivity contribution < 1.29 is 0 Å². The Morgan fingerprint density at radius 1 is 0.356 bits per heavy atom. The third-order valence-corrected chi connectivity index (χ3v) is 11.3. The van der Waals surface area contributed by atoms with Gasteiger partial charge in [0.25, 0.3) is 0 Å². The van der Waals surface area contributed by atoms with E-state index in [9.17, 15) is 0 Å². The van der Waals surface area contributed by atoms with E-state index in [4.69, 9.17) is 15.0 Å². The van der Waals surface area contributed by atoms with Gasteiger partial charge in [-0.3, -0.25) is 4.98 Å². The molecule has 10 aromatic rings. The Kier molecular flexibility index (Phi) is 8.99. The zero-order valence-corrected chi connectivity index (χ0v) is 33.5. The number of hydrogen-bond donors (Lipinski definition) is 0. The van der Waals surface area contributed by atoms with Gasteiger partial charge in [0, 0.05) is 39.9 Å². The molecule has 0 atom stereocenters. The highest BCUT2D eigenvalue weighted by Gasteiger charge is 2.22. The number of benzene rings is 7. The number of nitrogens with zero attached hydrogens (tertiary/aromatic N) is 5. The first-order chi connectivity index (χ1) is 28.9. The fourth-order valence-corrected chi connectivity index (χ4v) is 8.46. The quantitative estimate of drug-likeness (QED) is 0.162. The lowest BCUT2D eigenvalue weighted by molar-refractivity contribution is 1.06. The van der Waals surface area contributed by atoms with Gasteiger partial charge in [0.1, 0.15) is 0 Å². The largest absolute Gasteiger partial charge is 0.308 e. The zero-order valence-electron chi connectivity index (χ0n) is 33.5. The van der Waals surface area contributed by atoms with Crippen LogP contribution in [0.2, 0.25) is 0 Å². The van der Waals surface area contributed by atoms with Gasteiger partial charge >= 0.3 is 0 Å². The molecule has 5 heteroatoms. The number of fused-ring (bicyclic) bond motifs is 3. The normalized spacial score (nSPS) is 11.4. The van der Waals surface area contributed by atoms with E-state index < -0.39 is 0 Å². The molecular formula is C54H41N5. The van der Waals surface area contributed by atoms with Crippen molar-refractivity contribution in [2.75, 3.05) is 0 Å². The third-order valence-electron chi connectivity index (χ3n) is 11.3. The van der Waals surface area contributed by atoms with Crippen LogP contribution in [-0.2, 0) is 0 Å². The Labute approximate surface area is 344 Å². The van der Waals surface area contributed by atoms with Crippen molar-refractivity contribution >= 4 is 21.8 Å². The van der Waals surface area contributed by atoms with Gasteiger partial charge in [-0.15, -0.1) is 0 Å². The molecule has 3 heterocycles. The molecule has 0 amide bonds. The van der Waals surface area contributed by atoms with E-state index in [0.717, 1.165) is 44.5 Å². The minimum atomic E-state index is 0.595. The Balaban J connectivity index is 1.28. The van der Waals surface area contributed by atoms with Crippen molar-refractivity contribution in [1.82, 2.24) is 24.5 Å². The smallest absolute Gasteiger partial charge is 0.166 e. The molecule has 0 bridgehead atoms. The van der Waals surface area contributed by atoms with Crippen molar-refractivity contribution in [3.63, 3.8) is 0 Å². The van der Waals surface area contributed by atoms with Crippen molar-refractivity contribution in [3.05, 3.63) is 198 Å². The second kappa shape index (κ2) is 14.8. The molecule has 0 fully saturated rings. The van der Waals surface area contributed by atoms with Gasteiger partial charge in [-0.2, -0.15) is 0 Å². The Bertz CT molecular complexity index is 3020. The van der Waals surface area contributed by atoms with Crippen LogP contribution in [0, 0.1) is 27.7 Å². The zero-order chi connectivity index (χ0) is 40.0. The minimum absolute atomic E-state index is 0.595. The molecule has 3 aromatic heterocycles. The summed E-state index contributed by atoms with van der Waals surface area (Å²) < 4.78 is 2.39. The summed E-state index contributed by atoms with van der Waals surface area (Å²) in [5, 5.41) is 2.36. The maximum absolute atomic E-state index is 5.26. The number of rotatable bonds is 7. The Morgan fingerprint density at radius 3 is 1.36 bits per heavy atom. The molecule has 282 valence electrons. The molecule has 59 heavy (non-hydrogen) atoms. The monoisotopic (exact) mass is 759 g/mol. The molecule has 0 aliphatic rings. The molecule has 0 spiro atoms. The van der Waals surface area contributed by atoms with Gasteiger partial charge in [-0.25, -0.2) is 15.0 Å². The third kappa shape index (κ3) is 6.67. The molecule has 0 saturated carbocycles. The van der Waals surface area contributed by atoms with Crippen LogP contribution in [0.3, 0.4) is 0 Å². The summed E-state index contributed by atoms with van der Waals surface area (Å²) >= 11 is 0. The van der Waals surface area contributed by atoms with Crippen molar-refractivity contribution in [3.8, 4) is 73.2 Å². The van der Waals surface area contributed by atoms with Gasteiger partial charge in [0.2, 0.25) is 0 Å². The first-order valence-corrected chi connectivity index (χ1v) is 20.0. The highest BCUT2D eigenvalue weighted by molar-refractivity contribution is 6.12. The van der Waals surface area contributed by atoms with E-state index in [1.54, 1.807) is 0 Å². The number of pyridine rings is 1. The molecule has 0 saturated heterocycles. The van der Waals surface area contributed by atoms with Crippen LogP contribution in [0.4, 0.5) is 0 Å². The van der Waals surface area contributed by atoms with Crippen molar-refractivity contribution in [1.29, 1.82) is 0 Å². The van der Waals surface area contributed by atoms with E-state index in [2.05, 4.69) is 153 Å². The molecule has 10 rings (SSSR count). The summed E-state index contributed by atoms with van der Waals surface area (Å²) in [7, 11) is 0. The first kappa shape index (κ1) is 35.9. The second-order valence-electron chi connectivity index (χ2n) is 15.4. The minimum Gasteiger partial charge on any atom is -0.308 e. The molecule has 0 radical (unpaired) electrons. The predicted octanol–water partition coefficient (Wildman–Crippen LogP) is 13.6. The van der Waals surface area contributed by atoms with Crippen LogP contribution in [-0.4, -0.2) is 24.5 Å². The van der Waals surface area contributed by atoms with Gasteiger partial charge < -0.3 is 4.57 Å². The number of hydrogen-bond acceptors (Lipinski definition) is 4. The molecule has 0 aliphatic heterocycles. The van der Waals surface area contributed by atoms with Crippen molar-refractivity contribution in [2.24, 2.45) is 0 Å². The number of aromatic nitrogens is 5. The van der Waals surface area contributed by atoms with Gasteiger partial charge in [-0.05, 0) is 121 Å². The standard InChI is InChI=1S/C54H41N5/c1-34-15-20-44(36(3)29-34)42-18-23-49-46(32-42)47-33-43(45-21-16-35(2)30-37(45)4)19-24-50(47)59(49)51-22-17-41(38-25-27-55-28-26-38)31-48(51)54-57-52(39-11-7-5-8-12-39)56-53(58-54)40-13-9-6-10-14-40/h5-33H,1-4H3. The summed E-state index contributed by atoms with van der Waals surface area (Å²) in [5.41, 5.74) is 17.9. The first-order valence-electron chi connectivity index (χ1n) is 20.0. The van der Waals surface area contributed by atoms with Crippen LogP contribution in [0.25, 0.3) is 95.0 Å². The van der Waals surface area contributed by atoms with Crippen LogP contribution < -0.4 is 0 Å². The highest BCUT2D eigenvalue weighted by atomic mass is 15.1. The maximum atomic E-state index is 5.26. The van der Waals surface area contributed by atoms with Crippen LogP contribution in [0.15, 0.2) is 176 Å². The molecule has 5 nitrogen and oxygen atoms in total. The van der Waals surface area contributed by atoms with Gasteiger partial charge in [-0.1, -0.05) is 126 Å². The molecular weight excluding hydrogens is 719 g/mol. The van der Waals surface area contributed by atoms with E-state index in [1.807, 2.05) is 60.9 Å². The summed E-state index contributed by atoms with van der Waals surface area (Å²) in [6, 6.07) is 58.3. The van der Waals surface area contributed by atoms with E-state index in [1.165, 1.54) is 55.3 Å². The van der Waals surface area contributed by atoms with E-state index in [-0.39, 0.29) is 0 Å². The summed E-state index contributed by atoms with van der Waals surface area (Å²) in [6.45, 7) is 8.70. The molecule has 0 aliphatic carbocycles. The molecule has 0 unspecified atom stereocenters. The summed E-state index contributed by atoms with van der Waals surface area (Å²) in [4.78, 5) is 19.9. The molecule has 0 N–H and O–H groups in total.